The number of nitrogens with zero attached hydrogens (tertiary/aromatic N) is 5. The summed E-state index contributed by atoms with van der Waals surface area (Å²) in [7, 11) is 0. The summed E-state index contributed by atoms with van der Waals surface area (Å²) in [6.07, 6.45) is -1.20. The lowest BCUT2D eigenvalue weighted by Crippen LogP contribution is -2.23. The molecule has 29 heavy (non-hydrogen) atoms. The van der Waals surface area contributed by atoms with Crippen LogP contribution in [0.15, 0.2) is 48.8 Å². The van der Waals surface area contributed by atoms with Crippen LogP contribution in [0.1, 0.15) is 28.8 Å². The molecule has 7 nitrogen and oxygen atoms in total. The molecule has 10 heteroatoms. The van der Waals surface area contributed by atoms with Gasteiger partial charge in [-0.3, -0.25) is 4.79 Å². The number of tetrazole rings is 1. The standard InChI is InChI=1S/C19H17F3N6O/c20-19(21,22)15-6-2-1-5-14(15)18(29)24-16-11-13(28-12-23-25-26-28)7-8-17(16)27-9-3-4-10-27/h1-2,5-8,11-12H,3-4,9-10H2,(H,24,29). The predicted octanol–water partition coefficient (Wildman–Crippen LogP) is 3.53. The topological polar surface area (TPSA) is 75.9 Å². The van der Waals surface area contributed by atoms with Gasteiger partial charge >= 0.3 is 6.18 Å². The second kappa shape index (κ2) is 7.53. The highest BCUT2D eigenvalue weighted by atomic mass is 19.4. The Morgan fingerprint density at radius 2 is 1.83 bits per heavy atom. The molecule has 3 aromatic rings. The van der Waals surface area contributed by atoms with Gasteiger partial charge in [0, 0.05) is 13.1 Å². The van der Waals surface area contributed by atoms with Gasteiger partial charge in [0.15, 0.2) is 0 Å². The van der Waals surface area contributed by atoms with Crippen LogP contribution < -0.4 is 10.2 Å². The van der Waals surface area contributed by atoms with Gasteiger partial charge in [-0.25, -0.2) is 4.68 Å². The third-order valence-electron chi connectivity index (χ3n) is 4.77. The number of hydrogen-bond acceptors (Lipinski definition) is 5. The zero-order valence-corrected chi connectivity index (χ0v) is 15.2. The molecule has 1 fully saturated rings. The zero-order chi connectivity index (χ0) is 20.4. The summed E-state index contributed by atoms with van der Waals surface area (Å²) in [5.41, 5.74) is 0.327. The Kier molecular flexibility index (Phi) is 4.91. The minimum atomic E-state index is -4.63. The number of rotatable bonds is 4. The Labute approximate surface area is 164 Å². The lowest BCUT2D eigenvalue weighted by molar-refractivity contribution is -0.137. The van der Waals surface area contributed by atoms with Crippen molar-refractivity contribution in [3.8, 4) is 5.69 Å². The van der Waals surface area contributed by atoms with Crippen molar-refractivity contribution in [1.29, 1.82) is 0 Å². The van der Waals surface area contributed by atoms with Crippen LogP contribution in [0.25, 0.3) is 5.69 Å². The maximum absolute atomic E-state index is 13.3. The molecule has 1 amide bonds. The van der Waals surface area contributed by atoms with E-state index in [1.807, 2.05) is 6.07 Å². The maximum Gasteiger partial charge on any atom is 0.417 e. The first-order valence-electron chi connectivity index (χ1n) is 9.03. The molecule has 1 N–H and O–H groups in total. The molecule has 0 aliphatic carbocycles. The summed E-state index contributed by atoms with van der Waals surface area (Å²) >= 11 is 0. The minimum Gasteiger partial charge on any atom is -0.370 e. The number of nitrogens with one attached hydrogen (secondary N) is 1. The Hall–Kier alpha value is -3.43. The van der Waals surface area contributed by atoms with E-state index in [4.69, 9.17) is 0 Å². The van der Waals surface area contributed by atoms with Crippen molar-refractivity contribution in [2.45, 2.75) is 19.0 Å². The Morgan fingerprint density at radius 1 is 1.07 bits per heavy atom. The fraction of sp³-hybridized carbons (Fsp3) is 0.263. The summed E-state index contributed by atoms with van der Waals surface area (Å²) in [4.78, 5) is 14.9. The number of hydrogen-bond donors (Lipinski definition) is 1. The molecule has 0 bridgehead atoms. The molecule has 0 radical (unpaired) electrons. The molecular weight excluding hydrogens is 385 g/mol. The van der Waals surface area contributed by atoms with Crippen molar-refractivity contribution in [2.24, 2.45) is 0 Å². The monoisotopic (exact) mass is 402 g/mol. The quantitative estimate of drug-likeness (QED) is 0.723. The van der Waals surface area contributed by atoms with E-state index in [0.717, 1.165) is 37.7 Å². The summed E-state index contributed by atoms with van der Waals surface area (Å²) in [5, 5.41) is 13.6. The number of anilines is 2. The van der Waals surface area contributed by atoms with Gasteiger partial charge < -0.3 is 10.2 Å². The van der Waals surface area contributed by atoms with Gasteiger partial charge in [-0.05, 0) is 53.6 Å². The maximum atomic E-state index is 13.3. The largest absolute Gasteiger partial charge is 0.417 e. The molecule has 2 aromatic carbocycles. The summed E-state index contributed by atoms with van der Waals surface area (Å²) in [6, 6.07) is 9.98. The number of carbonyl (C=O) groups is 1. The number of benzene rings is 2. The van der Waals surface area contributed by atoms with E-state index in [2.05, 4.69) is 25.7 Å². The zero-order valence-electron chi connectivity index (χ0n) is 15.2. The van der Waals surface area contributed by atoms with Crippen molar-refractivity contribution < 1.29 is 18.0 Å². The van der Waals surface area contributed by atoms with Crippen molar-refractivity contribution in [3.05, 3.63) is 59.9 Å². The summed E-state index contributed by atoms with van der Waals surface area (Å²) in [5.74, 6) is -0.827. The van der Waals surface area contributed by atoms with Gasteiger partial charge in [-0.2, -0.15) is 13.2 Å². The second-order valence-corrected chi connectivity index (χ2v) is 6.65. The second-order valence-electron chi connectivity index (χ2n) is 6.65. The van der Waals surface area contributed by atoms with Crippen LogP contribution in [0.3, 0.4) is 0 Å². The molecule has 1 saturated heterocycles. The Bertz CT molecular complexity index is 1010. The normalized spacial score (nSPS) is 14.2. The number of carbonyl (C=O) groups excluding carboxylic acids is 1. The SMILES string of the molecule is O=C(Nc1cc(-n2cnnn2)ccc1N1CCCC1)c1ccccc1C(F)(F)F. The molecule has 2 heterocycles. The molecule has 0 unspecified atom stereocenters. The van der Waals surface area contributed by atoms with E-state index in [9.17, 15) is 18.0 Å². The highest BCUT2D eigenvalue weighted by Gasteiger charge is 2.35. The Morgan fingerprint density at radius 3 is 2.52 bits per heavy atom. The number of amides is 1. The molecule has 4 rings (SSSR count). The van der Waals surface area contributed by atoms with Crippen molar-refractivity contribution in [3.63, 3.8) is 0 Å². The van der Waals surface area contributed by atoms with Crippen molar-refractivity contribution in [1.82, 2.24) is 20.2 Å². The van der Waals surface area contributed by atoms with Crippen LogP contribution in [0, 0.1) is 0 Å². The van der Waals surface area contributed by atoms with E-state index in [0.29, 0.717) is 11.4 Å². The molecule has 0 atom stereocenters. The fourth-order valence-corrected chi connectivity index (χ4v) is 3.40. The molecule has 1 aliphatic rings. The fourth-order valence-electron chi connectivity index (χ4n) is 3.40. The van der Waals surface area contributed by atoms with Crippen LogP contribution in [0.5, 0.6) is 0 Å². The molecule has 1 aliphatic heterocycles. The van der Waals surface area contributed by atoms with Crippen molar-refractivity contribution >= 4 is 17.3 Å². The molecule has 1 aromatic heterocycles. The average Bonchev–Trinajstić information content (AvgIpc) is 3.41. The summed E-state index contributed by atoms with van der Waals surface area (Å²) in [6.45, 7) is 1.62. The minimum absolute atomic E-state index is 0.405. The number of alkyl halides is 3. The highest BCUT2D eigenvalue weighted by molar-refractivity contribution is 6.07. The van der Waals surface area contributed by atoms with Crippen LogP contribution in [0.4, 0.5) is 24.5 Å². The number of aromatic nitrogens is 4. The van der Waals surface area contributed by atoms with Crippen LogP contribution in [-0.4, -0.2) is 39.2 Å². The summed E-state index contributed by atoms with van der Waals surface area (Å²) < 4.78 is 41.3. The third kappa shape index (κ3) is 3.91. The Balaban J connectivity index is 1.72. The molecule has 0 spiro atoms. The van der Waals surface area contributed by atoms with Gasteiger partial charge in [0.2, 0.25) is 0 Å². The van der Waals surface area contributed by atoms with Gasteiger partial charge in [0.1, 0.15) is 6.33 Å². The molecule has 150 valence electrons. The highest BCUT2D eigenvalue weighted by Crippen LogP contribution is 2.34. The van der Waals surface area contributed by atoms with Crippen LogP contribution in [-0.2, 0) is 6.18 Å². The average molecular weight is 402 g/mol. The lowest BCUT2D eigenvalue weighted by Gasteiger charge is -2.22. The predicted molar refractivity (Wildman–Crippen MR) is 100.0 cm³/mol. The van der Waals surface area contributed by atoms with E-state index in [-0.39, 0.29) is 0 Å². The first-order valence-corrected chi connectivity index (χ1v) is 9.03. The van der Waals surface area contributed by atoms with Gasteiger partial charge in [0.05, 0.1) is 28.2 Å². The lowest BCUT2D eigenvalue weighted by atomic mass is 10.1. The van der Waals surface area contributed by atoms with Crippen LogP contribution >= 0.6 is 0 Å². The van der Waals surface area contributed by atoms with E-state index < -0.39 is 23.2 Å². The first kappa shape index (κ1) is 18.9. The van der Waals surface area contributed by atoms with Gasteiger partial charge in [-0.1, -0.05) is 12.1 Å². The molecule has 0 saturated carbocycles. The van der Waals surface area contributed by atoms with Gasteiger partial charge in [-0.15, -0.1) is 5.10 Å². The van der Waals surface area contributed by atoms with E-state index in [1.165, 1.54) is 29.2 Å². The molecular formula is C19H17F3N6O. The first-order chi connectivity index (χ1) is 13.9. The van der Waals surface area contributed by atoms with Crippen molar-refractivity contribution in [2.75, 3.05) is 23.3 Å². The van der Waals surface area contributed by atoms with Gasteiger partial charge in [0.25, 0.3) is 5.91 Å². The van der Waals surface area contributed by atoms with E-state index in [1.54, 1.807) is 12.1 Å². The van der Waals surface area contributed by atoms with Crippen LogP contribution in [0.2, 0.25) is 0 Å². The smallest absolute Gasteiger partial charge is 0.370 e. The number of halogens is 3. The van der Waals surface area contributed by atoms with E-state index >= 15 is 0 Å². The third-order valence-corrected chi connectivity index (χ3v) is 4.77.